The molecule has 11 heteroatoms. The third kappa shape index (κ3) is 3.56. The molecule has 0 radical (unpaired) electrons. The van der Waals surface area contributed by atoms with E-state index in [9.17, 15) is 23.7 Å². The molecule has 4 aromatic rings. The van der Waals surface area contributed by atoms with Crippen LogP contribution >= 0.6 is 0 Å². The summed E-state index contributed by atoms with van der Waals surface area (Å²) in [4.78, 5) is 26.8. The van der Waals surface area contributed by atoms with Crippen LogP contribution < -0.4 is 0 Å². The van der Waals surface area contributed by atoms with Crippen molar-refractivity contribution in [2.75, 3.05) is 6.61 Å². The molecule has 0 N–H and O–H groups in total. The van der Waals surface area contributed by atoms with E-state index in [0.29, 0.717) is 11.6 Å². The van der Waals surface area contributed by atoms with Gasteiger partial charge in [0.25, 0.3) is 5.69 Å². The van der Waals surface area contributed by atoms with Crippen LogP contribution in [0.3, 0.4) is 0 Å². The number of nitro groups is 1. The van der Waals surface area contributed by atoms with Crippen LogP contribution in [0.2, 0.25) is 0 Å². The van der Waals surface area contributed by atoms with Gasteiger partial charge in [-0.3, -0.25) is 15.1 Å². The second-order valence-electron chi connectivity index (χ2n) is 6.34. The van der Waals surface area contributed by atoms with E-state index in [2.05, 4.69) is 15.3 Å². The molecule has 2 aromatic heterocycles. The summed E-state index contributed by atoms with van der Waals surface area (Å²) in [6.07, 6.45) is 1.31. The predicted octanol–water partition coefficient (Wildman–Crippen LogP) is 3.85. The fourth-order valence-corrected chi connectivity index (χ4v) is 3.14. The maximum atomic E-state index is 14.2. The van der Waals surface area contributed by atoms with Gasteiger partial charge in [-0.1, -0.05) is 5.21 Å². The Morgan fingerprint density at radius 1 is 1.19 bits per heavy atom. The van der Waals surface area contributed by atoms with Crippen molar-refractivity contribution in [3.8, 4) is 16.9 Å². The van der Waals surface area contributed by atoms with Gasteiger partial charge in [0.1, 0.15) is 17.0 Å². The van der Waals surface area contributed by atoms with E-state index in [1.165, 1.54) is 41.2 Å². The minimum atomic E-state index is -0.862. The Hall–Kier alpha value is -4.28. The highest BCUT2D eigenvalue weighted by molar-refractivity contribution is 5.96. The fourth-order valence-electron chi connectivity index (χ4n) is 3.14. The van der Waals surface area contributed by atoms with Crippen molar-refractivity contribution in [3.05, 3.63) is 76.1 Å². The average Bonchev–Trinajstić information content (AvgIpc) is 3.18. The topological polar surface area (TPSA) is 113 Å². The number of halogens is 2. The molecule has 4 rings (SSSR count). The lowest BCUT2D eigenvalue weighted by molar-refractivity contribution is -0.384. The van der Waals surface area contributed by atoms with Gasteiger partial charge in [-0.15, -0.1) is 5.10 Å². The van der Waals surface area contributed by atoms with Gasteiger partial charge < -0.3 is 4.74 Å². The molecular weight excluding hydrogens is 412 g/mol. The molecule has 0 fully saturated rings. The van der Waals surface area contributed by atoms with Crippen molar-refractivity contribution < 1.29 is 23.2 Å². The molecule has 2 heterocycles. The maximum Gasteiger partial charge on any atom is 0.361 e. The highest BCUT2D eigenvalue weighted by Gasteiger charge is 2.25. The Balaban J connectivity index is 1.99. The molecule has 0 saturated carbocycles. The Kier molecular flexibility index (Phi) is 5.07. The third-order valence-corrected chi connectivity index (χ3v) is 4.46. The lowest BCUT2D eigenvalue weighted by Crippen LogP contribution is -2.08. The summed E-state index contributed by atoms with van der Waals surface area (Å²) in [5.74, 6) is -2.45. The molecule has 0 saturated heterocycles. The largest absolute Gasteiger partial charge is 0.461 e. The molecule has 0 bridgehead atoms. The molecule has 0 amide bonds. The number of nitro benzene ring substituents is 1. The zero-order valence-corrected chi connectivity index (χ0v) is 16.0. The van der Waals surface area contributed by atoms with Gasteiger partial charge in [0, 0.05) is 35.3 Å². The van der Waals surface area contributed by atoms with Crippen molar-refractivity contribution in [1.29, 1.82) is 0 Å². The first-order valence-corrected chi connectivity index (χ1v) is 9.02. The third-order valence-electron chi connectivity index (χ3n) is 4.46. The number of ether oxygens (including phenoxy) is 1. The lowest BCUT2D eigenvalue weighted by Gasteiger charge is -2.11. The normalized spacial score (nSPS) is 10.9. The van der Waals surface area contributed by atoms with E-state index < -0.39 is 22.5 Å². The second kappa shape index (κ2) is 7.86. The number of hydrogen-bond acceptors (Lipinski definition) is 7. The van der Waals surface area contributed by atoms with Gasteiger partial charge in [0.2, 0.25) is 0 Å². The summed E-state index contributed by atoms with van der Waals surface area (Å²) in [5.41, 5.74) is 0.309. The molecule has 0 aliphatic rings. The molecular formula is C20H13F2N5O4. The SMILES string of the molecule is CCOC(=O)c1nnn(-c2ccnc3c(F)cc(F)cc23)c1-c1ccc([N+](=O)[O-])cc1. The first-order chi connectivity index (χ1) is 14.9. The summed E-state index contributed by atoms with van der Waals surface area (Å²) in [7, 11) is 0. The zero-order valence-electron chi connectivity index (χ0n) is 16.0. The van der Waals surface area contributed by atoms with Gasteiger partial charge in [0.15, 0.2) is 11.5 Å². The standard InChI is InChI=1S/C20H13F2N5O4/c1-2-31-20(28)18-19(11-3-5-13(6-4-11)27(29)30)26(25-24-18)16-7-8-23-17-14(16)9-12(21)10-15(17)22/h3-10H,2H2,1H3. The van der Waals surface area contributed by atoms with Crippen molar-refractivity contribution in [3.63, 3.8) is 0 Å². The van der Waals surface area contributed by atoms with Crippen LogP contribution in [0.25, 0.3) is 27.8 Å². The smallest absolute Gasteiger partial charge is 0.361 e. The summed E-state index contributed by atoms with van der Waals surface area (Å²) in [5, 5.41) is 19.0. The number of benzene rings is 2. The number of nitrogens with zero attached hydrogens (tertiary/aromatic N) is 5. The van der Waals surface area contributed by atoms with Gasteiger partial charge in [-0.25, -0.2) is 18.3 Å². The van der Waals surface area contributed by atoms with Gasteiger partial charge >= 0.3 is 5.97 Å². The highest BCUT2D eigenvalue weighted by Crippen LogP contribution is 2.31. The predicted molar refractivity (Wildman–Crippen MR) is 105 cm³/mol. The summed E-state index contributed by atoms with van der Waals surface area (Å²) in [6, 6.07) is 8.60. The molecule has 0 unspecified atom stereocenters. The number of pyridine rings is 1. The number of rotatable bonds is 5. The molecule has 9 nitrogen and oxygen atoms in total. The van der Waals surface area contributed by atoms with E-state index in [-0.39, 0.29) is 40.3 Å². The molecule has 0 aliphatic carbocycles. The molecule has 0 atom stereocenters. The Labute approximate surface area is 173 Å². The summed E-state index contributed by atoms with van der Waals surface area (Å²) < 4.78 is 34.4. The first kappa shape index (κ1) is 20.0. The summed E-state index contributed by atoms with van der Waals surface area (Å²) >= 11 is 0. The van der Waals surface area contributed by atoms with Gasteiger partial charge in [0.05, 0.1) is 17.2 Å². The van der Waals surface area contributed by atoms with Crippen molar-refractivity contribution in [2.24, 2.45) is 0 Å². The minimum Gasteiger partial charge on any atom is -0.461 e. The van der Waals surface area contributed by atoms with Crippen LogP contribution in [0, 0.1) is 21.7 Å². The average molecular weight is 425 g/mol. The van der Waals surface area contributed by atoms with Crippen molar-refractivity contribution in [1.82, 2.24) is 20.0 Å². The van der Waals surface area contributed by atoms with E-state index in [4.69, 9.17) is 4.74 Å². The number of hydrogen-bond donors (Lipinski definition) is 0. The van der Waals surface area contributed by atoms with Gasteiger partial charge in [-0.2, -0.15) is 0 Å². The monoisotopic (exact) mass is 425 g/mol. The van der Waals surface area contributed by atoms with E-state index in [0.717, 1.165) is 6.07 Å². The van der Waals surface area contributed by atoms with Crippen LogP contribution in [-0.4, -0.2) is 37.5 Å². The van der Waals surface area contributed by atoms with Crippen LogP contribution in [0.1, 0.15) is 17.4 Å². The minimum absolute atomic E-state index is 0.0833. The van der Waals surface area contributed by atoms with E-state index in [1.807, 2.05) is 0 Å². The Morgan fingerprint density at radius 2 is 1.94 bits per heavy atom. The molecule has 0 aliphatic heterocycles. The van der Waals surface area contributed by atoms with E-state index >= 15 is 0 Å². The number of carbonyl (C=O) groups excluding carboxylic acids is 1. The lowest BCUT2D eigenvalue weighted by atomic mass is 10.1. The van der Waals surface area contributed by atoms with E-state index in [1.54, 1.807) is 6.92 Å². The first-order valence-electron chi connectivity index (χ1n) is 9.02. The van der Waals surface area contributed by atoms with Crippen LogP contribution in [0.15, 0.2) is 48.7 Å². The van der Waals surface area contributed by atoms with Gasteiger partial charge in [-0.05, 0) is 31.2 Å². The highest BCUT2D eigenvalue weighted by atomic mass is 19.1. The maximum absolute atomic E-state index is 14.2. The Bertz CT molecular complexity index is 1320. The van der Waals surface area contributed by atoms with Crippen molar-refractivity contribution in [2.45, 2.75) is 6.92 Å². The Morgan fingerprint density at radius 3 is 2.61 bits per heavy atom. The quantitative estimate of drug-likeness (QED) is 0.271. The summed E-state index contributed by atoms with van der Waals surface area (Å²) in [6.45, 7) is 1.70. The number of carbonyl (C=O) groups is 1. The second-order valence-corrected chi connectivity index (χ2v) is 6.34. The number of non-ortho nitro benzene ring substituents is 1. The fraction of sp³-hybridized carbons (Fsp3) is 0.100. The zero-order chi connectivity index (χ0) is 22.1. The van der Waals surface area contributed by atoms with Crippen LogP contribution in [-0.2, 0) is 4.74 Å². The van der Waals surface area contributed by atoms with Crippen molar-refractivity contribution >= 4 is 22.6 Å². The number of aromatic nitrogens is 4. The molecule has 31 heavy (non-hydrogen) atoms. The molecule has 156 valence electrons. The molecule has 0 spiro atoms. The van der Waals surface area contributed by atoms with Crippen LogP contribution in [0.5, 0.6) is 0 Å². The number of esters is 1. The molecule has 2 aromatic carbocycles. The van der Waals surface area contributed by atoms with Crippen LogP contribution in [0.4, 0.5) is 14.5 Å². The number of fused-ring (bicyclic) bond motifs is 1.